The fraction of sp³-hybridized carbons (Fsp3) is 0.361. The Hall–Kier alpha value is -4.47. The van der Waals surface area contributed by atoms with Gasteiger partial charge in [0.05, 0.1) is 21.3 Å². The summed E-state index contributed by atoms with van der Waals surface area (Å²) in [6, 6.07) is 12.2. The summed E-state index contributed by atoms with van der Waals surface area (Å²) in [5, 5.41) is 19.2. The predicted molar refractivity (Wildman–Crippen MR) is 204 cm³/mol. The van der Waals surface area contributed by atoms with Gasteiger partial charge in [0, 0.05) is 93.2 Å². The van der Waals surface area contributed by atoms with Crippen LogP contribution in [0.25, 0.3) is 11.3 Å². The Morgan fingerprint density at radius 3 is 1.71 bits per heavy atom. The van der Waals surface area contributed by atoms with Crippen LogP contribution < -0.4 is 16.0 Å². The van der Waals surface area contributed by atoms with Crippen LogP contribution in [0.3, 0.4) is 0 Å². The zero-order valence-corrected chi connectivity index (χ0v) is 31.5. The number of pyridine rings is 2. The molecule has 8 rings (SSSR count). The number of fused-ring (bicyclic) bond motifs is 2. The standard InChI is InChI=1S/C19H21BrN6O.C17H19BrN6/c1-13(27)25-7-4-15(5-8-25)17-9-18(22-11-14-3-2-6-21-10-14)26-19(24-17)16(20)12-23-26;18-14-11-22-24-16(21-10-12-2-1-5-20-9-12)8-15(23-17(14)24)13-3-6-19-7-4-13/h2-3,6,9-10,12,15,22H,4-5,7-8,11H2,1H3;1-2,5,8-9,11,13,19,21H,3-4,6-7,10H2. The Labute approximate surface area is 313 Å². The van der Waals surface area contributed by atoms with Crippen LogP contribution >= 0.6 is 31.9 Å². The normalized spacial score (nSPS) is 15.5. The number of piperidine rings is 2. The van der Waals surface area contributed by atoms with E-state index in [0.29, 0.717) is 24.9 Å². The number of hydrogen-bond acceptors (Lipinski definition) is 10. The van der Waals surface area contributed by atoms with Crippen molar-refractivity contribution in [2.75, 3.05) is 36.8 Å². The Balaban J connectivity index is 0.000000160. The molecule has 2 saturated heterocycles. The molecule has 2 fully saturated rings. The van der Waals surface area contributed by atoms with Gasteiger partial charge in [-0.15, -0.1) is 0 Å². The SMILES string of the molecule is Brc1cnn2c(NCc3cccnc3)cc(C3CCNCC3)nc12.CC(=O)N1CCC(c2cc(NCc3cccnc3)n3ncc(Br)c3n2)CC1. The summed E-state index contributed by atoms with van der Waals surface area (Å²) < 4.78 is 5.46. The molecule has 1 amide bonds. The van der Waals surface area contributed by atoms with E-state index in [4.69, 9.17) is 9.97 Å². The first-order chi connectivity index (χ1) is 24.9. The molecule has 0 unspecified atom stereocenters. The van der Waals surface area contributed by atoms with Gasteiger partial charge in [0.1, 0.15) is 11.6 Å². The van der Waals surface area contributed by atoms with Gasteiger partial charge in [-0.2, -0.15) is 19.2 Å². The summed E-state index contributed by atoms with van der Waals surface area (Å²) in [5.74, 6) is 2.85. The largest absolute Gasteiger partial charge is 0.366 e. The highest BCUT2D eigenvalue weighted by Crippen LogP contribution is 2.31. The number of amides is 1. The van der Waals surface area contributed by atoms with E-state index < -0.39 is 0 Å². The third kappa shape index (κ3) is 8.37. The minimum Gasteiger partial charge on any atom is -0.366 e. The molecule has 2 aliphatic rings. The first-order valence-corrected chi connectivity index (χ1v) is 18.8. The molecule has 264 valence electrons. The summed E-state index contributed by atoms with van der Waals surface area (Å²) >= 11 is 7.11. The van der Waals surface area contributed by atoms with Gasteiger partial charge in [0.2, 0.25) is 5.91 Å². The molecule has 2 aliphatic heterocycles. The number of hydrogen-bond donors (Lipinski definition) is 3. The van der Waals surface area contributed by atoms with Crippen LogP contribution in [-0.2, 0) is 17.9 Å². The molecular formula is C36H40Br2N12O. The van der Waals surface area contributed by atoms with E-state index in [0.717, 1.165) is 106 Å². The van der Waals surface area contributed by atoms with Crippen LogP contribution in [0.4, 0.5) is 11.6 Å². The number of nitrogens with one attached hydrogen (secondary N) is 3. The molecule has 0 aromatic carbocycles. The number of aromatic nitrogens is 8. The molecule has 13 nitrogen and oxygen atoms in total. The Bertz CT molecular complexity index is 2070. The topological polar surface area (TPSA) is 143 Å². The maximum absolute atomic E-state index is 11.6. The van der Waals surface area contributed by atoms with E-state index in [2.05, 4.69) is 86.2 Å². The molecule has 0 atom stereocenters. The maximum atomic E-state index is 11.6. The van der Waals surface area contributed by atoms with E-state index >= 15 is 0 Å². The van der Waals surface area contributed by atoms with Crippen LogP contribution in [-0.4, -0.2) is 76.2 Å². The number of rotatable bonds is 8. The van der Waals surface area contributed by atoms with Gasteiger partial charge >= 0.3 is 0 Å². The fourth-order valence-corrected chi connectivity index (χ4v) is 7.27. The summed E-state index contributed by atoms with van der Waals surface area (Å²) in [6.45, 7) is 6.67. The van der Waals surface area contributed by atoms with Crippen LogP contribution in [0.5, 0.6) is 0 Å². The third-order valence-corrected chi connectivity index (χ3v) is 10.5. The van der Waals surface area contributed by atoms with Crippen molar-refractivity contribution in [2.45, 2.75) is 57.5 Å². The van der Waals surface area contributed by atoms with Crippen molar-refractivity contribution in [1.82, 2.24) is 49.4 Å². The van der Waals surface area contributed by atoms with Gasteiger partial charge in [-0.05, 0) is 93.9 Å². The van der Waals surface area contributed by atoms with Crippen molar-refractivity contribution in [3.05, 3.63) is 105 Å². The third-order valence-electron chi connectivity index (χ3n) is 9.41. The lowest BCUT2D eigenvalue weighted by Crippen LogP contribution is -2.36. The lowest BCUT2D eigenvalue weighted by atomic mass is 9.93. The smallest absolute Gasteiger partial charge is 0.219 e. The van der Waals surface area contributed by atoms with Crippen LogP contribution in [0.15, 0.2) is 82.5 Å². The van der Waals surface area contributed by atoms with Crippen molar-refractivity contribution >= 4 is 60.7 Å². The minimum absolute atomic E-state index is 0.147. The number of halogens is 2. The number of nitrogens with zero attached hydrogens (tertiary/aromatic N) is 9. The quantitative estimate of drug-likeness (QED) is 0.163. The summed E-state index contributed by atoms with van der Waals surface area (Å²) in [7, 11) is 0. The van der Waals surface area contributed by atoms with E-state index in [9.17, 15) is 4.79 Å². The Morgan fingerprint density at radius 1 is 0.765 bits per heavy atom. The first-order valence-electron chi connectivity index (χ1n) is 17.2. The van der Waals surface area contributed by atoms with Gasteiger partial charge in [-0.25, -0.2) is 9.97 Å². The van der Waals surface area contributed by atoms with Crippen molar-refractivity contribution in [3.8, 4) is 0 Å². The maximum Gasteiger partial charge on any atom is 0.219 e. The van der Waals surface area contributed by atoms with Crippen LogP contribution in [0.2, 0.25) is 0 Å². The number of likely N-dealkylation sites (tertiary alicyclic amines) is 1. The number of anilines is 2. The summed E-state index contributed by atoms with van der Waals surface area (Å²) in [6.07, 6.45) is 14.9. The van der Waals surface area contributed by atoms with Gasteiger partial charge in [0.15, 0.2) is 11.3 Å². The Kier molecular flexibility index (Phi) is 11.1. The lowest BCUT2D eigenvalue weighted by Gasteiger charge is -2.31. The average Bonchev–Trinajstić information content (AvgIpc) is 3.75. The van der Waals surface area contributed by atoms with E-state index in [1.54, 1.807) is 31.7 Å². The highest BCUT2D eigenvalue weighted by Gasteiger charge is 2.25. The number of carbonyl (C=O) groups excluding carboxylic acids is 1. The molecule has 6 aromatic rings. The fourth-order valence-electron chi connectivity index (χ4n) is 6.58. The second-order valence-electron chi connectivity index (χ2n) is 12.8. The zero-order chi connectivity index (χ0) is 35.2. The molecule has 51 heavy (non-hydrogen) atoms. The highest BCUT2D eigenvalue weighted by molar-refractivity contribution is 9.11. The Morgan fingerprint density at radius 2 is 1.25 bits per heavy atom. The predicted octanol–water partition coefficient (Wildman–Crippen LogP) is 6.19. The van der Waals surface area contributed by atoms with Crippen LogP contribution in [0, 0.1) is 0 Å². The molecule has 3 N–H and O–H groups in total. The molecule has 0 radical (unpaired) electrons. The second kappa shape index (κ2) is 16.3. The van der Waals surface area contributed by atoms with Gasteiger partial charge in [0.25, 0.3) is 0 Å². The molecule has 0 aliphatic carbocycles. The molecule has 15 heteroatoms. The van der Waals surface area contributed by atoms with E-state index in [1.165, 1.54) is 0 Å². The summed E-state index contributed by atoms with van der Waals surface area (Å²) in [4.78, 5) is 31.5. The average molecular weight is 817 g/mol. The minimum atomic E-state index is 0.147. The van der Waals surface area contributed by atoms with E-state index in [1.807, 2.05) is 44.5 Å². The molecule has 6 aromatic heterocycles. The van der Waals surface area contributed by atoms with Crippen LogP contribution in [0.1, 0.15) is 67.0 Å². The summed E-state index contributed by atoms with van der Waals surface area (Å²) in [5.41, 5.74) is 6.08. The zero-order valence-electron chi connectivity index (χ0n) is 28.3. The molecule has 0 spiro atoms. The molecular weight excluding hydrogens is 776 g/mol. The van der Waals surface area contributed by atoms with Crippen molar-refractivity contribution in [2.24, 2.45) is 0 Å². The van der Waals surface area contributed by atoms with E-state index in [-0.39, 0.29) is 5.91 Å². The van der Waals surface area contributed by atoms with Crippen molar-refractivity contribution in [3.63, 3.8) is 0 Å². The lowest BCUT2D eigenvalue weighted by molar-refractivity contribution is -0.129. The van der Waals surface area contributed by atoms with Gasteiger partial charge in [-0.1, -0.05) is 12.1 Å². The van der Waals surface area contributed by atoms with Gasteiger partial charge < -0.3 is 20.9 Å². The second-order valence-corrected chi connectivity index (χ2v) is 14.5. The molecule has 8 heterocycles. The van der Waals surface area contributed by atoms with Gasteiger partial charge in [-0.3, -0.25) is 14.8 Å². The molecule has 0 bridgehead atoms. The highest BCUT2D eigenvalue weighted by atomic mass is 79.9. The first kappa shape index (κ1) is 35.0. The van der Waals surface area contributed by atoms with Crippen molar-refractivity contribution < 1.29 is 4.79 Å². The van der Waals surface area contributed by atoms with Crippen molar-refractivity contribution in [1.29, 1.82) is 0 Å². The number of carbonyl (C=O) groups is 1. The molecule has 0 saturated carbocycles. The monoisotopic (exact) mass is 814 g/mol.